The molecule has 0 N–H and O–H groups in total. The molecular weight excluding hydrogens is 168 g/mol. The Balaban J connectivity index is 3.46. The summed E-state index contributed by atoms with van der Waals surface area (Å²) in [6.45, 7) is 9.79. The molecule has 0 bridgehead atoms. The van der Waals surface area contributed by atoms with E-state index in [1.54, 1.807) is 6.08 Å². The summed E-state index contributed by atoms with van der Waals surface area (Å²) in [5.41, 5.74) is 1.14. The fourth-order valence-electron chi connectivity index (χ4n) is 1.14. The van der Waals surface area contributed by atoms with Crippen LogP contribution in [0.5, 0.6) is 0 Å². The van der Waals surface area contributed by atoms with E-state index in [0.717, 1.165) is 12.0 Å². The highest BCUT2D eigenvalue weighted by Gasteiger charge is 1.84. The third kappa shape index (κ3) is 9.05. The van der Waals surface area contributed by atoms with Crippen molar-refractivity contribution in [2.75, 3.05) is 0 Å². The van der Waals surface area contributed by atoms with Crippen LogP contribution in [0.1, 0.15) is 39.0 Å². The van der Waals surface area contributed by atoms with Crippen LogP contribution in [0, 0.1) is 0 Å². The number of hydrogen-bond donors (Lipinski definition) is 0. The second-order valence-corrected chi connectivity index (χ2v) is 3.42. The third-order valence-corrected chi connectivity index (χ3v) is 1.99. The minimum absolute atomic E-state index is 0.955. The summed E-state index contributed by atoms with van der Waals surface area (Å²) in [5, 5.41) is 0. The molecule has 0 aliphatic carbocycles. The molecule has 0 aliphatic rings. The van der Waals surface area contributed by atoms with E-state index in [4.69, 9.17) is 0 Å². The first-order valence-corrected chi connectivity index (χ1v) is 5.43. The van der Waals surface area contributed by atoms with Crippen LogP contribution in [0.4, 0.5) is 0 Å². The van der Waals surface area contributed by atoms with E-state index in [9.17, 15) is 0 Å². The SMILES string of the molecule is C=CC=CC(=C)CC=CCCCCC. The number of allylic oxidation sites excluding steroid dienone is 6. The van der Waals surface area contributed by atoms with Crippen LogP contribution in [0.3, 0.4) is 0 Å². The molecule has 0 aliphatic heterocycles. The second kappa shape index (κ2) is 10.0. The Bertz CT molecular complexity index is 206. The first-order valence-electron chi connectivity index (χ1n) is 5.43. The summed E-state index contributed by atoms with van der Waals surface area (Å²) in [6.07, 6.45) is 16.2. The lowest BCUT2D eigenvalue weighted by Crippen LogP contribution is -1.73. The van der Waals surface area contributed by atoms with E-state index in [1.807, 2.05) is 12.2 Å². The van der Waals surface area contributed by atoms with Gasteiger partial charge in [0.25, 0.3) is 0 Å². The molecule has 0 radical (unpaired) electrons. The maximum Gasteiger partial charge on any atom is -0.0103 e. The van der Waals surface area contributed by atoms with Gasteiger partial charge in [0.15, 0.2) is 0 Å². The van der Waals surface area contributed by atoms with Crippen molar-refractivity contribution in [1.82, 2.24) is 0 Å². The van der Waals surface area contributed by atoms with Crippen molar-refractivity contribution in [3.8, 4) is 0 Å². The average Bonchev–Trinajstić information content (AvgIpc) is 2.20. The molecule has 0 saturated carbocycles. The zero-order valence-corrected chi connectivity index (χ0v) is 9.34. The second-order valence-electron chi connectivity index (χ2n) is 3.42. The fraction of sp³-hybridized carbons (Fsp3) is 0.429. The van der Waals surface area contributed by atoms with Crippen LogP contribution in [0.25, 0.3) is 0 Å². The highest BCUT2D eigenvalue weighted by molar-refractivity contribution is 5.20. The van der Waals surface area contributed by atoms with Gasteiger partial charge in [0.05, 0.1) is 0 Å². The normalized spacial score (nSPS) is 11.2. The molecule has 0 aromatic heterocycles. The van der Waals surface area contributed by atoms with Crippen molar-refractivity contribution in [2.24, 2.45) is 0 Å². The summed E-state index contributed by atoms with van der Waals surface area (Å²) in [4.78, 5) is 0. The van der Waals surface area contributed by atoms with E-state index >= 15 is 0 Å². The van der Waals surface area contributed by atoms with Crippen LogP contribution >= 0.6 is 0 Å². The van der Waals surface area contributed by atoms with E-state index < -0.39 is 0 Å². The number of unbranched alkanes of at least 4 members (excludes halogenated alkanes) is 3. The summed E-state index contributed by atoms with van der Waals surface area (Å²) >= 11 is 0. The van der Waals surface area contributed by atoms with Gasteiger partial charge in [0.1, 0.15) is 0 Å². The van der Waals surface area contributed by atoms with Crippen LogP contribution in [-0.2, 0) is 0 Å². The lowest BCUT2D eigenvalue weighted by Gasteiger charge is -1.93. The zero-order valence-electron chi connectivity index (χ0n) is 9.34. The van der Waals surface area contributed by atoms with Gasteiger partial charge in [0, 0.05) is 0 Å². The molecule has 14 heavy (non-hydrogen) atoms. The molecule has 0 heterocycles. The summed E-state index contributed by atoms with van der Waals surface area (Å²) in [5.74, 6) is 0. The van der Waals surface area contributed by atoms with Crippen LogP contribution in [0.15, 0.2) is 49.1 Å². The minimum atomic E-state index is 0.955. The molecule has 0 heteroatoms. The van der Waals surface area contributed by atoms with Gasteiger partial charge in [-0.05, 0) is 19.3 Å². The Labute approximate surface area is 88.7 Å². The zero-order chi connectivity index (χ0) is 10.6. The highest BCUT2D eigenvalue weighted by Crippen LogP contribution is 2.04. The highest BCUT2D eigenvalue weighted by atomic mass is 13.9. The van der Waals surface area contributed by atoms with Gasteiger partial charge in [-0.15, -0.1) is 0 Å². The van der Waals surface area contributed by atoms with Gasteiger partial charge < -0.3 is 0 Å². The molecule has 0 rings (SSSR count). The van der Waals surface area contributed by atoms with Crippen LogP contribution in [-0.4, -0.2) is 0 Å². The minimum Gasteiger partial charge on any atom is -0.0991 e. The van der Waals surface area contributed by atoms with E-state index in [2.05, 4.69) is 32.2 Å². The molecule has 0 saturated heterocycles. The maximum absolute atomic E-state index is 3.94. The Morgan fingerprint density at radius 1 is 1.21 bits per heavy atom. The van der Waals surface area contributed by atoms with Crippen molar-refractivity contribution >= 4 is 0 Å². The van der Waals surface area contributed by atoms with Crippen molar-refractivity contribution in [2.45, 2.75) is 39.0 Å². The first kappa shape index (κ1) is 13.0. The Hall–Kier alpha value is -1.04. The molecule has 0 nitrogen and oxygen atoms in total. The standard InChI is InChI=1S/C14H22/c1-4-6-8-9-10-11-13-14(3)12-7-5-2/h5,7,10-12H,2-4,6,8-9,13H2,1H3. The predicted octanol–water partition coefficient (Wildman–Crippen LogP) is 4.81. The molecule has 0 fully saturated rings. The Morgan fingerprint density at radius 3 is 2.64 bits per heavy atom. The smallest absolute Gasteiger partial charge is 0.0103 e. The summed E-state index contributed by atoms with van der Waals surface area (Å²) < 4.78 is 0. The molecule has 0 atom stereocenters. The largest absolute Gasteiger partial charge is 0.0991 e. The van der Waals surface area contributed by atoms with E-state index in [-0.39, 0.29) is 0 Å². The molecule has 0 amide bonds. The van der Waals surface area contributed by atoms with E-state index in [0.29, 0.717) is 0 Å². The first-order chi connectivity index (χ1) is 6.81. The number of rotatable bonds is 8. The molecule has 0 aromatic carbocycles. The average molecular weight is 190 g/mol. The summed E-state index contributed by atoms with van der Waals surface area (Å²) in [6, 6.07) is 0. The van der Waals surface area contributed by atoms with Gasteiger partial charge in [-0.2, -0.15) is 0 Å². The molecule has 0 spiro atoms. The molecule has 0 aromatic rings. The fourth-order valence-corrected chi connectivity index (χ4v) is 1.14. The van der Waals surface area contributed by atoms with Crippen molar-refractivity contribution in [3.63, 3.8) is 0 Å². The Morgan fingerprint density at radius 2 is 2.00 bits per heavy atom. The maximum atomic E-state index is 3.94. The predicted molar refractivity (Wildman–Crippen MR) is 66.4 cm³/mol. The van der Waals surface area contributed by atoms with Gasteiger partial charge in [-0.3, -0.25) is 0 Å². The molecule has 0 unspecified atom stereocenters. The molecular formula is C14H22. The van der Waals surface area contributed by atoms with Gasteiger partial charge in [-0.1, -0.05) is 68.9 Å². The summed E-state index contributed by atoms with van der Waals surface area (Å²) in [7, 11) is 0. The lowest BCUT2D eigenvalue weighted by atomic mass is 10.1. The van der Waals surface area contributed by atoms with Crippen LogP contribution in [0.2, 0.25) is 0 Å². The van der Waals surface area contributed by atoms with Crippen molar-refractivity contribution < 1.29 is 0 Å². The van der Waals surface area contributed by atoms with Gasteiger partial charge in [0.2, 0.25) is 0 Å². The quantitative estimate of drug-likeness (QED) is 0.293. The third-order valence-electron chi connectivity index (χ3n) is 1.99. The Kier molecular flexibility index (Phi) is 9.30. The lowest BCUT2D eigenvalue weighted by molar-refractivity contribution is 0.728. The van der Waals surface area contributed by atoms with Crippen molar-refractivity contribution in [1.29, 1.82) is 0 Å². The van der Waals surface area contributed by atoms with Crippen molar-refractivity contribution in [3.05, 3.63) is 49.1 Å². The van der Waals surface area contributed by atoms with E-state index in [1.165, 1.54) is 25.7 Å². The monoisotopic (exact) mass is 190 g/mol. The molecule has 78 valence electrons. The van der Waals surface area contributed by atoms with Crippen LogP contribution < -0.4 is 0 Å². The topological polar surface area (TPSA) is 0 Å². The van der Waals surface area contributed by atoms with Gasteiger partial charge in [-0.25, -0.2) is 0 Å². The number of hydrogen-bond acceptors (Lipinski definition) is 0. The van der Waals surface area contributed by atoms with Gasteiger partial charge >= 0.3 is 0 Å².